The molecule has 1 aliphatic rings. The summed E-state index contributed by atoms with van der Waals surface area (Å²) in [7, 11) is 0. The van der Waals surface area contributed by atoms with E-state index in [0.29, 0.717) is 10.7 Å². The number of nitrogens with one attached hydrogen (secondary N) is 1. The first-order chi connectivity index (χ1) is 11.5. The highest BCUT2D eigenvalue weighted by atomic mass is 35.5. The third-order valence-electron chi connectivity index (χ3n) is 3.42. The summed E-state index contributed by atoms with van der Waals surface area (Å²) in [6.45, 7) is 4.04. The van der Waals surface area contributed by atoms with Gasteiger partial charge in [-0.2, -0.15) is 0 Å². The van der Waals surface area contributed by atoms with Gasteiger partial charge in [-0.1, -0.05) is 11.6 Å². The van der Waals surface area contributed by atoms with Crippen molar-refractivity contribution in [3.63, 3.8) is 0 Å². The maximum Gasteiger partial charge on any atom is 0.411 e. The molecule has 138 valence electrons. The second-order valence-corrected chi connectivity index (χ2v) is 7.30. The average Bonchev–Trinajstić information content (AvgIpc) is 2.79. The minimum Gasteiger partial charge on any atom is -0.444 e. The van der Waals surface area contributed by atoms with E-state index in [1.54, 1.807) is 32.9 Å². The zero-order chi connectivity index (χ0) is 18.8. The zero-order valence-corrected chi connectivity index (χ0v) is 14.9. The Labute approximate surface area is 149 Å². The van der Waals surface area contributed by atoms with Gasteiger partial charge >= 0.3 is 6.09 Å². The lowest BCUT2D eigenvalue weighted by atomic mass is 10.1. The van der Waals surface area contributed by atoms with E-state index < -0.39 is 42.5 Å². The Hall–Kier alpha value is -1.96. The number of likely N-dealkylation sites (tertiary alicyclic amines) is 1. The van der Waals surface area contributed by atoms with E-state index in [1.165, 1.54) is 6.20 Å². The minimum atomic E-state index is -3.15. The number of pyridine rings is 1. The Morgan fingerprint density at radius 1 is 1.48 bits per heavy atom. The molecule has 0 aromatic carbocycles. The summed E-state index contributed by atoms with van der Waals surface area (Å²) in [5, 5.41) is 2.96. The molecule has 1 saturated heterocycles. The molecule has 0 radical (unpaired) electrons. The van der Waals surface area contributed by atoms with Crippen LogP contribution < -0.4 is 5.32 Å². The molecule has 1 N–H and O–H groups in total. The maximum absolute atomic E-state index is 13.8. The Morgan fingerprint density at radius 3 is 2.76 bits per heavy atom. The van der Waals surface area contributed by atoms with Gasteiger partial charge in [0.25, 0.3) is 5.92 Å². The van der Waals surface area contributed by atoms with Crippen LogP contribution in [0, 0.1) is 0 Å². The van der Waals surface area contributed by atoms with Gasteiger partial charge in [0.15, 0.2) is 0 Å². The topological polar surface area (TPSA) is 71.5 Å². The largest absolute Gasteiger partial charge is 0.444 e. The fourth-order valence-electron chi connectivity index (χ4n) is 2.40. The number of halogens is 3. The van der Waals surface area contributed by atoms with Crippen LogP contribution in [0.15, 0.2) is 18.3 Å². The lowest BCUT2D eigenvalue weighted by Gasteiger charge is -2.27. The van der Waals surface area contributed by atoms with Crippen molar-refractivity contribution in [1.82, 2.24) is 15.2 Å². The van der Waals surface area contributed by atoms with E-state index in [-0.39, 0.29) is 6.54 Å². The third-order valence-corrected chi connectivity index (χ3v) is 3.66. The van der Waals surface area contributed by atoms with Gasteiger partial charge in [0, 0.05) is 17.6 Å². The number of amides is 2. The molecule has 2 heterocycles. The summed E-state index contributed by atoms with van der Waals surface area (Å²) < 4.78 is 32.6. The van der Waals surface area contributed by atoms with Gasteiger partial charge in [-0.3, -0.25) is 14.7 Å². The quantitative estimate of drug-likeness (QED) is 0.881. The molecule has 9 heteroatoms. The number of alkyl halides is 2. The van der Waals surface area contributed by atoms with Crippen LogP contribution in [-0.2, 0) is 16.1 Å². The molecular weight excluding hydrogens is 356 g/mol. The Morgan fingerprint density at radius 2 is 2.16 bits per heavy atom. The van der Waals surface area contributed by atoms with Gasteiger partial charge in [-0.15, -0.1) is 0 Å². The van der Waals surface area contributed by atoms with Gasteiger partial charge in [-0.25, -0.2) is 13.6 Å². The van der Waals surface area contributed by atoms with Crippen molar-refractivity contribution in [1.29, 1.82) is 0 Å². The number of carbonyl (C=O) groups excluding carboxylic acids is 2. The third kappa shape index (κ3) is 5.52. The second-order valence-electron chi connectivity index (χ2n) is 6.87. The first-order valence-corrected chi connectivity index (χ1v) is 8.10. The number of carbonyl (C=O) groups is 2. The maximum atomic E-state index is 13.8. The van der Waals surface area contributed by atoms with Crippen LogP contribution in [0.1, 0.15) is 32.9 Å². The number of aromatic nitrogens is 1. The molecule has 0 bridgehead atoms. The number of hydrogen-bond acceptors (Lipinski definition) is 4. The average molecular weight is 376 g/mol. The molecule has 0 spiro atoms. The molecule has 0 saturated carbocycles. The van der Waals surface area contributed by atoms with E-state index in [2.05, 4.69) is 10.3 Å². The minimum absolute atomic E-state index is 0.0175. The first-order valence-electron chi connectivity index (χ1n) is 7.72. The van der Waals surface area contributed by atoms with Crippen molar-refractivity contribution >= 4 is 23.6 Å². The van der Waals surface area contributed by atoms with E-state index >= 15 is 0 Å². The van der Waals surface area contributed by atoms with Crippen molar-refractivity contribution in [2.75, 3.05) is 6.54 Å². The number of nitrogens with zero attached hydrogens (tertiary/aromatic N) is 2. The lowest BCUT2D eigenvalue weighted by molar-refractivity contribution is -0.125. The zero-order valence-electron chi connectivity index (χ0n) is 14.2. The fraction of sp³-hybridized carbons (Fsp3) is 0.562. The Bertz CT molecular complexity index is 664. The Kier molecular flexibility index (Phi) is 5.51. The molecule has 1 aromatic rings. The van der Waals surface area contributed by atoms with Gasteiger partial charge in [0.1, 0.15) is 11.6 Å². The highest BCUT2D eigenvalue weighted by molar-refractivity contribution is 6.30. The van der Waals surface area contributed by atoms with E-state index in [1.807, 2.05) is 0 Å². The number of rotatable bonds is 3. The second kappa shape index (κ2) is 7.11. The normalized spacial score (nSPS) is 19.6. The fourth-order valence-corrected chi connectivity index (χ4v) is 2.59. The summed E-state index contributed by atoms with van der Waals surface area (Å²) in [6, 6.07) is 1.83. The highest BCUT2D eigenvalue weighted by Gasteiger charge is 2.51. The summed E-state index contributed by atoms with van der Waals surface area (Å²) >= 11 is 5.83. The molecule has 6 nitrogen and oxygen atoms in total. The van der Waals surface area contributed by atoms with Crippen molar-refractivity contribution in [3.8, 4) is 0 Å². The predicted octanol–water partition coefficient (Wildman–Crippen LogP) is 3.00. The molecule has 2 rings (SSSR count). The van der Waals surface area contributed by atoms with Gasteiger partial charge < -0.3 is 10.1 Å². The molecule has 1 unspecified atom stereocenters. The van der Waals surface area contributed by atoms with Crippen LogP contribution in [0.3, 0.4) is 0 Å². The van der Waals surface area contributed by atoms with Crippen LogP contribution in [0.5, 0.6) is 0 Å². The molecule has 1 aromatic heterocycles. The molecule has 25 heavy (non-hydrogen) atoms. The van der Waals surface area contributed by atoms with Crippen LogP contribution in [0.2, 0.25) is 5.02 Å². The monoisotopic (exact) mass is 375 g/mol. The standard InChI is InChI=1S/C16H20ClF2N3O3/c1-15(2,3)25-14(24)22-9-16(18,19)7-12(22)13(23)21-8-11-6-10(17)4-5-20-11/h4-6,12H,7-9H2,1-3H3,(H,21,23). The lowest BCUT2D eigenvalue weighted by Crippen LogP contribution is -2.47. The smallest absolute Gasteiger partial charge is 0.411 e. The van der Waals surface area contributed by atoms with Crippen LogP contribution in [-0.4, -0.2) is 46.0 Å². The van der Waals surface area contributed by atoms with Crippen molar-refractivity contribution in [2.24, 2.45) is 0 Å². The van der Waals surface area contributed by atoms with E-state index in [9.17, 15) is 18.4 Å². The van der Waals surface area contributed by atoms with Crippen molar-refractivity contribution < 1.29 is 23.1 Å². The van der Waals surface area contributed by atoms with Crippen LogP contribution in [0.25, 0.3) is 0 Å². The van der Waals surface area contributed by atoms with Crippen LogP contribution >= 0.6 is 11.6 Å². The number of ether oxygens (including phenoxy) is 1. The molecule has 1 aliphatic heterocycles. The molecule has 0 aliphatic carbocycles. The number of hydrogen-bond donors (Lipinski definition) is 1. The summed E-state index contributed by atoms with van der Waals surface area (Å²) in [6.07, 6.45) is -0.215. The van der Waals surface area contributed by atoms with Crippen molar-refractivity contribution in [3.05, 3.63) is 29.0 Å². The molecule has 1 atom stereocenters. The molecule has 2 amide bonds. The first kappa shape index (κ1) is 19.4. The van der Waals surface area contributed by atoms with Gasteiger partial charge in [0.05, 0.1) is 18.8 Å². The van der Waals surface area contributed by atoms with E-state index in [0.717, 1.165) is 4.90 Å². The summed E-state index contributed by atoms with van der Waals surface area (Å²) in [4.78, 5) is 29.2. The SMILES string of the molecule is CC(C)(C)OC(=O)N1CC(F)(F)CC1C(=O)NCc1cc(Cl)ccn1. The summed E-state index contributed by atoms with van der Waals surface area (Å²) in [5.74, 6) is -3.84. The van der Waals surface area contributed by atoms with Crippen molar-refractivity contribution in [2.45, 2.75) is 51.3 Å². The van der Waals surface area contributed by atoms with Gasteiger partial charge in [0.2, 0.25) is 5.91 Å². The summed E-state index contributed by atoms with van der Waals surface area (Å²) in [5.41, 5.74) is -0.366. The van der Waals surface area contributed by atoms with Gasteiger partial charge in [-0.05, 0) is 32.9 Å². The van der Waals surface area contributed by atoms with Crippen LogP contribution in [0.4, 0.5) is 13.6 Å². The molecule has 1 fully saturated rings. The predicted molar refractivity (Wildman–Crippen MR) is 87.4 cm³/mol. The highest BCUT2D eigenvalue weighted by Crippen LogP contribution is 2.33. The van der Waals surface area contributed by atoms with E-state index in [4.69, 9.17) is 16.3 Å². The Balaban J connectivity index is 2.05. The molecular formula is C16H20ClF2N3O3.